The highest BCUT2D eigenvalue weighted by Crippen LogP contribution is 2.21. The van der Waals surface area contributed by atoms with Gasteiger partial charge in [-0.25, -0.2) is 13.1 Å². The molecule has 2 aliphatic rings. The summed E-state index contributed by atoms with van der Waals surface area (Å²) in [4.78, 5) is 14.0. The highest BCUT2D eigenvalue weighted by atomic mass is 32.2. The van der Waals surface area contributed by atoms with E-state index in [1.165, 1.54) is 0 Å². The number of hydrogen-bond acceptors (Lipinski definition) is 5. The van der Waals surface area contributed by atoms with Crippen LogP contribution in [-0.2, 0) is 19.6 Å². The van der Waals surface area contributed by atoms with Crippen molar-refractivity contribution in [1.29, 1.82) is 0 Å². The first-order valence-corrected chi connectivity index (χ1v) is 9.03. The standard InChI is InChI=1S/C15H20N2O4S/c18-15-14(8-10-21-15)17-9-4-5-12(11-17)16-22(19,20)13-6-2-1-3-7-13/h1-3,6-7,12,14,16H,4-5,8-11H2/t12-,14-/m1/s1. The van der Waals surface area contributed by atoms with Crippen LogP contribution in [0.1, 0.15) is 19.3 Å². The average Bonchev–Trinajstić information content (AvgIpc) is 2.94. The molecule has 0 saturated carbocycles. The van der Waals surface area contributed by atoms with Crippen molar-refractivity contribution >= 4 is 16.0 Å². The number of carbonyl (C=O) groups is 1. The van der Waals surface area contributed by atoms with Gasteiger partial charge < -0.3 is 4.74 Å². The Balaban J connectivity index is 1.66. The number of rotatable bonds is 4. The van der Waals surface area contributed by atoms with Crippen molar-refractivity contribution < 1.29 is 17.9 Å². The van der Waals surface area contributed by atoms with Gasteiger partial charge in [0.2, 0.25) is 10.0 Å². The molecule has 1 N–H and O–H groups in total. The molecule has 1 aromatic rings. The van der Waals surface area contributed by atoms with Crippen molar-refractivity contribution in [3.8, 4) is 0 Å². The van der Waals surface area contributed by atoms with Gasteiger partial charge in [0.25, 0.3) is 0 Å². The van der Waals surface area contributed by atoms with Gasteiger partial charge in [0, 0.05) is 19.0 Å². The second-order valence-corrected chi connectivity index (χ2v) is 7.45. The van der Waals surface area contributed by atoms with Crippen LogP contribution in [-0.4, -0.2) is 51.1 Å². The summed E-state index contributed by atoms with van der Waals surface area (Å²) in [6.07, 6.45) is 2.34. The topological polar surface area (TPSA) is 75.7 Å². The van der Waals surface area contributed by atoms with E-state index in [-0.39, 0.29) is 22.9 Å². The van der Waals surface area contributed by atoms with Gasteiger partial charge in [-0.2, -0.15) is 0 Å². The lowest BCUT2D eigenvalue weighted by Crippen LogP contribution is -2.52. The minimum Gasteiger partial charge on any atom is -0.464 e. The smallest absolute Gasteiger partial charge is 0.323 e. The van der Waals surface area contributed by atoms with Crippen molar-refractivity contribution in [1.82, 2.24) is 9.62 Å². The van der Waals surface area contributed by atoms with Crippen molar-refractivity contribution in [2.45, 2.75) is 36.2 Å². The van der Waals surface area contributed by atoms with Crippen LogP contribution in [0.3, 0.4) is 0 Å². The fraction of sp³-hybridized carbons (Fsp3) is 0.533. The maximum atomic E-state index is 12.4. The van der Waals surface area contributed by atoms with E-state index in [1.54, 1.807) is 30.3 Å². The van der Waals surface area contributed by atoms with Crippen molar-refractivity contribution in [3.05, 3.63) is 30.3 Å². The first-order chi connectivity index (χ1) is 10.6. The number of carbonyl (C=O) groups excluding carboxylic acids is 1. The summed E-state index contributed by atoms with van der Waals surface area (Å²) >= 11 is 0. The van der Waals surface area contributed by atoms with Gasteiger partial charge in [-0.1, -0.05) is 18.2 Å². The van der Waals surface area contributed by atoms with E-state index in [9.17, 15) is 13.2 Å². The Morgan fingerprint density at radius 1 is 1.18 bits per heavy atom. The zero-order valence-electron chi connectivity index (χ0n) is 12.3. The van der Waals surface area contributed by atoms with Crippen molar-refractivity contribution in [2.24, 2.45) is 0 Å². The van der Waals surface area contributed by atoms with Gasteiger partial charge >= 0.3 is 5.97 Å². The maximum absolute atomic E-state index is 12.4. The largest absolute Gasteiger partial charge is 0.464 e. The van der Waals surface area contributed by atoms with E-state index in [4.69, 9.17) is 4.74 Å². The molecular weight excluding hydrogens is 304 g/mol. The second kappa shape index (κ2) is 6.36. The zero-order valence-corrected chi connectivity index (χ0v) is 13.1. The summed E-state index contributed by atoms with van der Waals surface area (Å²) in [5.41, 5.74) is 0. The monoisotopic (exact) mass is 324 g/mol. The number of ether oxygens (including phenoxy) is 1. The Morgan fingerprint density at radius 3 is 2.64 bits per heavy atom. The zero-order chi connectivity index (χ0) is 15.6. The first-order valence-electron chi connectivity index (χ1n) is 7.54. The van der Waals surface area contributed by atoms with Crippen LogP contribution in [0.4, 0.5) is 0 Å². The molecule has 0 aliphatic carbocycles. The number of piperidine rings is 1. The fourth-order valence-corrected chi connectivity index (χ4v) is 4.37. The molecule has 2 saturated heterocycles. The highest BCUT2D eigenvalue weighted by Gasteiger charge is 2.36. The van der Waals surface area contributed by atoms with Crippen LogP contribution < -0.4 is 4.72 Å². The number of hydrogen-bond donors (Lipinski definition) is 1. The minimum atomic E-state index is -3.51. The molecule has 7 heteroatoms. The molecule has 0 bridgehead atoms. The number of esters is 1. The van der Waals surface area contributed by atoms with E-state index >= 15 is 0 Å². The third-order valence-electron chi connectivity index (χ3n) is 4.18. The highest BCUT2D eigenvalue weighted by molar-refractivity contribution is 7.89. The van der Waals surface area contributed by atoms with E-state index in [0.717, 1.165) is 19.4 Å². The van der Waals surface area contributed by atoms with Gasteiger partial charge in [-0.15, -0.1) is 0 Å². The molecular formula is C15H20N2O4S. The summed E-state index contributed by atoms with van der Waals surface area (Å²) in [5.74, 6) is -0.188. The lowest BCUT2D eigenvalue weighted by Gasteiger charge is -2.35. The SMILES string of the molecule is O=C1OCC[C@H]1N1CCC[C@@H](NS(=O)(=O)c2ccccc2)C1. The Kier molecular flexibility index (Phi) is 4.46. The molecule has 2 atom stereocenters. The van der Waals surface area contributed by atoms with Crippen LogP contribution in [0.15, 0.2) is 35.2 Å². The summed E-state index contributed by atoms with van der Waals surface area (Å²) < 4.78 is 32.5. The number of cyclic esters (lactones) is 1. The lowest BCUT2D eigenvalue weighted by molar-refractivity contribution is -0.142. The van der Waals surface area contributed by atoms with E-state index in [2.05, 4.69) is 4.72 Å². The molecule has 0 aromatic heterocycles. The summed E-state index contributed by atoms with van der Waals surface area (Å²) in [7, 11) is -3.51. The van der Waals surface area contributed by atoms with Crippen molar-refractivity contribution in [3.63, 3.8) is 0 Å². The van der Waals surface area contributed by atoms with Gasteiger partial charge in [0.05, 0.1) is 11.5 Å². The van der Waals surface area contributed by atoms with Crippen LogP contribution in [0.5, 0.6) is 0 Å². The predicted molar refractivity (Wildman–Crippen MR) is 80.7 cm³/mol. The lowest BCUT2D eigenvalue weighted by atomic mass is 10.0. The number of benzene rings is 1. The summed E-state index contributed by atoms with van der Waals surface area (Å²) in [6, 6.07) is 7.96. The third-order valence-corrected chi connectivity index (χ3v) is 5.71. The van der Waals surface area contributed by atoms with E-state index in [0.29, 0.717) is 19.6 Å². The second-order valence-electron chi connectivity index (χ2n) is 5.74. The van der Waals surface area contributed by atoms with Crippen LogP contribution in [0.25, 0.3) is 0 Å². The molecule has 0 amide bonds. The van der Waals surface area contributed by atoms with Gasteiger partial charge in [-0.05, 0) is 31.5 Å². The fourth-order valence-electron chi connectivity index (χ4n) is 3.09. The normalized spacial score (nSPS) is 26.8. The first kappa shape index (κ1) is 15.5. The Morgan fingerprint density at radius 2 is 1.95 bits per heavy atom. The van der Waals surface area contributed by atoms with E-state index < -0.39 is 10.0 Å². The molecule has 120 valence electrons. The van der Waals surface area contributed by atoms with Crippen LogP contribution in [0, 0.1) is 0 Å². The predicted octanol–water partition coefficient (Wildman–Crippen LogP) is 0.745. The molecule has 0 spiro atoms. The Bertz CT molecular complexity index is 632. The molecule has 6 nitrogen and oxygen atoms in total. The molecule has 3 rings (SSSR count). The Hall–Kier alpha value is -1.44. The maximum Gasteiger partial charge on any atom is 0.323 e. The molecule has 0 radical (unpaired) electrons. The number of sulfonamides is 1. The third kappa shape index (κ3) is 3.31. The molecule has 0 unspecified atom stereocenters. The number of likely N-dealkylation sites (tertiary alicyclic amines) is 1. The minimum absolute atomic E-state index is 0.174. The molecule has 1 aromatic carbocycles. The quantitative estimate of drug-likeness (QED) is 0.827. The molecule has 22 heavy (non-hydrogen) atoms. The van der Waals surface area contributed by atoms with Crippen molar-refractivity contribution in [2.75, 3.05) is 19.7 Å². The molecule has 2 fully saturated rings. The number of nitrogens with zero attached hydrogens (tertiary/aromatic N) is 1. The van der Waals surface area contributed by atoms with Gasteiger partial charge in [0.15, 0.2) is 0 Å². The van der Waals surface area contributed by atoms with Crippen LogP contribution >= 0.6 is 0 Å². The number of nitrogens with one attached hydrogen (secondary N) is 1. The molecule has 2 aliphatic heterocycles. The average molecular weight is 324 g/mol. The van der Waals surface area contributed by atoms with Gasteiger partial charge in [-0.3, -0.25) is 9.69 Å². The van der Waals surface area contributed by atoms with Crippen LogP contribution in [0.2, 0.25) is 0 Å². The van der Waals surface area contributed by atoms with Gasteiger partial charge in [0.1, 0.15) is 6.04 Å². The molecule has 2 heterocycles. The summed E-state index contributed by atoms with van der Waals surface area (Å²) in [5, 5.41) is 0. The Labute approximate surface area is 130 Å². The van der Waals surface area contributed by atoms with E-state index in [1.807, 2.05) is 4.90 Å². The summed E-state index contributed by atoms with van der Waals surface area (Å²) in [6.45, 7) is 1.82.